The van der Waals surface area contributed by atoms with Gasteiger partial charge < -0.3 is 29.2 Å². The van der Waals surface area contributed by atoms with Gasteiger partial charge in [-0.05, 0) is 25.0 Å². The van der Waals surface area contributed by atoms with Gasteiger partial charge in [-0.2, -0.15) is 0 Å². The highest BCUT2D eigenvalue weighted by molar-refractivity contribution is 5.91. The molecule has 0 aromatic carbocycles. The third-order valence-electron chi connectivity index (χ3n) is 5.02. The fraction of sp³-hybridized carbons (Fsp3) is 0.611. The molecule has 1 N–H and O–H groups in total. The maximum absolute atomic E-state index is 12.5. The molecule has 2 fully saturated rings. The first-order valence-electron chi connectivity index (χ1n) is 9.07. The Balaban J connectivity index is 1.52. The maximum Gasteiger partial charge on any atom is 0.410 e. The van der Waals surface area contributed by atoms with Crippen LogP contribution >= 0.6 is 0 Å². The molecule has 0 radical (unpaired) electrons. The zero-order valence-electron chi connectivity index (χ0n) is 16.0. The first-order chi connectivity index (χ1) is 12.8. The van der Waals surface area contributed by atoms with E-state index < -0.39 is 5.60 Å². The largest absolute Gasteiger partial charge is 0.454 e. The Morgan fingerprint density at radius 3 is 2.70 bits per heavy atom. The van der Waals surface area contributed by atoms with Crippen LogP contribution in [0.2, 0.25) is 0 Å². The molecule has 4 amide bonds. The molecular formula is C18H26N4O5. The predicted octanol–water partition coefficient (Wildman–Crippen LogP) is 1.50. The molecule has 0 saturated carbocycles. The molecule has 2 aliphatic rings. The third kappa shape index (κ3) is 4.17. The van der Waals surface area contributed by atoms with Crippen molar-refractivity contribution in [2.24, 2.45) is 0 Å². The van der Waals surface area contributed by atoms with Crippen LogP contribution in [-0.2, 0) is 11.3 Å². The van der Waals surface area contributed by atoms with Gasteiger partial charge in [0, 0.05) is 40.7 Å². The third-order valence-corrected chi connectivity index (χ3v) is 5.02. The fourth-order valence-corrected chi connectivity index (χ4v) is 3.51. The van der Waals surface area contributed by atoms with Gasteiger partial charge in [-0.15, -0.1) is 0 Å². The molecule has 0 aliphatic carbocycles. The lowest BCUT2D eigenvalue weighted by Crippen LogP contribution is -2.41. The van der Waals surface area contributed by atoms with Gasteiger partial charge in [-0.3, -0.25) is 4.79 Å². The van der Waals surface area contributed by atoms with Crippen molar-refractivity contribution in [2.45, 2.75) is 31.4 Å². The molecule has 27 heavy (non-hydrogen) atoms. The van der Waals surface area contributed by atoms with Crippen LogP contribution in [0.4, 0.5) is 9.59 Å². The van der Waals surface area contributed by atoms with Crippen molar-refractivity contribution in [3.05, 3.63) is 23.7 Å². The van der Waals surface area contributed by atoms with Crippen LogP contribution in [0, 0.1) is 0 Å². The van der Waals surface area contributed by atoms with E-state index in [1.165, 1.54) is 4.90 Å². The summed E-state index contributed by atoms with van der Waals surface area (Å²) in [5.74, 6) is 0.542. The van der Waals surface area contributed by atoms with E-state index in [1.807, 2.05) is 0 Å². The number of furan rings is 1. The molecule has 1 atom stereocenters. The lowest BCUT2D eigenvalue weighted by Gasteiger charge is -2.25. The quantitative estimate of drug-likeness (QED) is 0.860. The molecule has 9 heteroatoms. The first-order valence-corrected chi connectivity index (χ1v) is 9.07. The Bertz CT molecular complexity index is 731. The second-order valence-corrected chi connectivity index (χ2v) is 7.37. The summed E-state index contributed by atoms with van der Waals surface area (Å²) in [6.07, 6.45) is 1.85. The van der Waals surface area contributed by atoms with Crippen molar-refractivity contribution in [2.75, 3.05) is 40.8 Å². The van der Waals surface area contributed by atoms with E-state index in [-0.39, 0.29) is 30.3 Å². The number of likely N-dealkylation sites (tertiary alicyclic amines) is 1. The number of urea groups is 1. The molecule has 2 aliphatic heterocycles. The van der Waals surface area contributed by atoms with Crippen LogP contribution in [0.5, 0.6) is 0 Å². The summed E-state index contributed by atoms with van der Waals surface area (Å²) in [4.78, 5) is 40.8. The monoisotopic (exact) mass is 378 g/mol. The number of carbonyl (C=O) groups is 3. The minimum atomic E-state index is -0.483. The summed E-state index contributed by atoms with van der Waals surface area (Å²) in [6.45, 7) is 1.90. The highest BCUT2D eigenvalue weighted by atomic mass is 16.6. The maximum atomic E-state index is 12.5. The van der Waals surface area contributed by atoms with E-state index in [0.29, 0.717) is 31.8 Å². The molecule has 9 nitrogen and oxygen atoms in total. The molecule has 1 unspecified atom stereocenters. The minimum absolute atomic E-state index is 0.193. The second kappa shape index (κ2) is 7.50. The molecule has 1 aromatic rings. The highest BCUT2D eigenvalue weighted by Crippen LogP contribution is 2.32. The molecule has 0 bridgehead atoms. The molecule has 1 aromatic heterocycles. The molecule has 148 valence electrons. The van der Waals surface area contributed by atoms with E-state index >= 15 is 0 Å². The number of hydrogen-bond donors (Lipinski definition) is 1. The van der Waals surface area contributed by atoms with Crippen molar-refractivity contribution < 1.29 is 23.5 Å². The molecule has 3 rings (SSSR count). The van der Waals surface area contributed by atoms with Crippen LogP contribution in [0.15, 0.2) is 16.5 Å². The van der Waals surface area contributed by atoms with Gasteiger partial charge in [0.15, 0.2) is 5.76 Å². The van der Waals surface area contributed by atoms with Crippen molar-refractivity contribution in [3.8, 4) is 0 Å². The number of nitrogens with zero attached hydrogens (tertiary/aromatic N) is 3. The first kappa shape index (κ1) is 19.1. The summed E-state index contributed by atoms with van der Waals surface area (Å²) < 4.78 is 11.0. The fourth-order valence-electron chi connectivity index (χ4n) is 3.51. The van der Waals surface area contributed by atoms with Crippen LogP contribution in [0.25, 0.3) is 0 Å². The van der Waals surface area contributed by atoms with Gasteiger partial charge >= 0.3 is 12.1 Å². The Kier molecular flexibility index (Phi) is 5.29. The normalized spacial score (nSPS) is 22.6. The van der Waals surface area contributed by atoms with Crippen molar-refractivity contribution in [3.63, 3.8) is 0 Å². The van der Waals surface area contributed by atoms with Gasteiger partial charge in [-0.1, -0.05) is 0 Å². The predicted molar refractivity (Wildman–Crippen MR) is 96.2 cm³/mol. The molecule has 3 heterocycles. The van der Waals surface area contributed by atoms with Gasteiger partial charge in [0.1, 0.15) is 11.4 Å². The number of carbonyl (C=O) groups excluding carboxylic acids is 3. The van der Waals surface area contributed by atoms with Gasteiger partial charge in [0.2, 0.25) is 0 Å². The minimum Gasteiger partial charge on any atom is -0.454 e. The smallest absolute Gasteiger partial charge is 0.410 e. The summed E-state index contributed by atoms with van der Waals surface area (Å²) >= 11 is 0. The number of likely N-dealkylation sites (N-methyl/N-ethyl adjacent to an activating group) is 1. The van der Waals surface area contributed by atoms with Crippen LogP contribution in [-0.4, -0.2) is 79.1 Å². The molecular weight excluding hydrogens is 352 g/mol. The van der Waals surface area contributed by atoms with Crippen molar-refractivity contribution in [1.29, 1.82) is 0 Å². The van der Waals surface area contributed by atoms with Gasteiger partial charge in [-0.25, -0.2) is 9.59 Å². The van der Waals surface area contributed by atoms with Gasteiger partial charge in [0.05, 0.1) is 13.1 Å². The number of nitrogens with one attached hydrogen (secondary N) is 1. The van der Waals surface area contributed by atoms with Crippen LogP contribution < -0.4 is 5.32 Å². The number of rotatable bonds is 3. The second-order valence-electron chi connectivity index (χ2n) is 7.37. The summed E-state index contributed by atoms with van der Waals surface area (Å²) in [5.41, 5.74) is -0.483. The van der Waals surface area contributed by atoms with Crippen molar-refractivity contribution >= 4 is 18.0 Å². The Morgan fingerprint density at radius 1 is 1.26 bits per heavy atom. The van der Waals surface area contributed by atoms with E-state index in [4.69, 9.17) is 9.15 Å². The van der Waals surface area contributed by atoms with Crippen LogP contribution in [0.3, 0.4) is 0 Å². The zero-order valence-corrected chi connectivity index (χ0v) is 16.0. The average Bonchev–Trinajstić information content (AvgIpc) is 3.13. The van der Waals surface area contributed by atoms with E-state index in [2.05, 4.69) is 5.32 Å². The standard InChI is InChI=1S/C18H26N4O5/c1-20(2)15(23)14-6-5-13(26-14)11-19-16(24)22-9-4-7-18(8-10-22)12-21(3)17(25)27-18/h5-6H,4,7-12H2,1-3H3,(H,19,24). The van der Waals surface area contributed by atoms with E-state index in [9.17, 15) is 14.4 Å². The number of amides is 4. The average molecular weight is 378 g/mol. The zero-order chi connectivity index (χ0) is 19.6. The number of ether oxygens (including phenoxy) is 1. The highest BCUT2D eigenvalue weighted by Gasteiger charge is 2.44. The Labute approximate surface area is 158 Å². The lowest BCUT2D eigenvalue weighted by atomic mass is 9.95. The summed E-state index contributed by atoms with van der Waals surface area (Å²) in [6, 6.07) is 3.09. The Morgan fingerprint density at radius 2 is 2.04 bits per heavy atom. The summed E-state index contributed by atoms with van der Waals surface area (Å²) in [5, 5.41) is 2.82. The molecule has 2 saturated heterocycles. The van der Waals surface area contributed by atoms with Crippen molar-refractivity contribution in [1.82, 2.24) is 20.0 Å². The van der Waals surface area contributed by atoms with E-state index in [1.54, 1.807) is 43.1 Å². The summed E-state index contributed by atoms with van der Waals surface area (Å²) in [7, 11) is 5.03. The van der Waals surface area contributed by atoms with E-state index in [0.717, 1.165) is 12.8 Å². The lowest BCUT2D eigenvalue weighted by molar-refractivity contribution is 0.0453. The number of hydrogen-bond acceptors (Lipinski definition) is 5. The van der Waals surface area contributed by atoms with Crippen LogP contribution in [0.1, 0.15) is 35.6 Å². The molecule has 1 spiro atoms. The SMILES string of the molecule is CN(C)C(=O)c1ccc(CNC(=O)N2CCCC3(CC2)CN(C)C(=O)O3)o1. The van der Waals surface area contributed by atoms with Gasteiger partial charge in [0.25, 0.3) is 5.91 Å². The Hall–Kier alpha value is -2.71. The topological polar surface area (TPSA) is 95.3 Å².